The van der Waals surface area contributed by atoms with E-state index in [4.69, 9.17) is 0 Å². The van der Waals surface area contributed by atoms with E-state index in [2.05, 4.69) is 9.97 Å². The quantitative estimate of drug-likeness (QED) is 0.786. The molecule has 0 aromatic carbocycles. The van der Waals surface area contributed by atoms with E-state index in [9.17, 15) is 15.0 Å². The van der Waals surface area contributed by atoms with Crippen molar-refractivity contribution in [1.29, 1.82) is 0 Å². The standard InChI is InChI=1S/C12H18N2O3/c1-3-4-5-9(11(15)16)12(2,17)10-8-13-6-7-14-10/h6-9,17H,3-5H2,1-2H3,(H,15,16). The molecule has 1 heterocycles. The number of hydrogen-bond donors (Lipinski definition) is 2. The van der Waals surface area contributed by atoms with Crippen molar-refractivity contribution in [3.63, 3.8) is 0 Å². The molecule has 2 unspecified atom stereocenters. The molecule has 0 amide bonds. The molecule has 5 heteroatoms. The first-order chi connectivity index (χ1) is 8.00. The molecule has 0 aliphatic carbocycles. The van der Waals surface area contributed by atoms with Gasteiger partial charge in [-0.25, -0.2) is 0 Å². The smallest absolute Gasteiger partial charge is 0.309 e. The van der Waals surface area contributed by atoms with E-state index in [0.717, 1.165) is 12.8 Å². The minimum Gasteiger partial charge on any atom is -0.481 e. The van der Waals surface area contributed by atoms with Crippen LogP contribution in [0, 0.1) is 5.92 Å². The van der Waals surface area contributed by atoms with Crippen LogP contribution in [0.4, 0.5) is 0 Å². The lowest BCUT2D eigenvalue weighted by Gasteiger charge is -2.29. The van der Waals surface area contributed by atoms with E-state index in [1.54, 1.807) is 0 Å². The summed E-state index contributed by atoms with van der Waals surface area (Å²) >= 11 is 0. The van der Waals surface area contributed by atoms with Crippen LogP contribution in [0.1, 0.15) is 38.8 Å². The maximum Gasteiger partial charge on any atom is 0.309 e. The highest BCUT2D eigenvalue weighted by Crippen LogP contribution is 2.31. The first kappa shape index (κ1) is 13.6. The minimum atomic E-state index is -1.49. The first-order valence-electron chi connectivity index (χ1n) is 5.71. The normalized spacial score (nSPS) is 16.2. The number of unbranched alkanes of at least 4 members (excludes halogenated alkanes) is 1. The fourth-order valence-electron chi connectivity index (χ4n) is 1.79. The lowest BCUT2D eigenvalue weighted by atomic mass is 9.83. The van der Waals surface area contributed by atoms with E-state index >= 15 is 0 Å². The van der Waals surface area contributed by atoms with Gasteiger partial charge in [0.05, 0.1) is 17.8 Å². The van der Waals surface area contributed by atoms with Crippen molar-refractivity contribution >= 4 is 5.97 Å². The molecule has 17 heavy (non-hydrogen) atoms. The van der Waals surface area contributed by atoms with Crippen LogP contribution in [0.3, 0.4) is 0 Å². The third-order valence-electron chi connectivity index (χ3n) is 2.90. The van der Waals surface area contributed by atoms with Gasteiger partial charge in [-0.05, 0) is 13.3 Å². The molecule has 2 atom stereocenters. The number of carbonyl (C=O) groups is 1. The average Bonchev–Trinajstić information content (AvgIpc) is 2.30. The van der Waals surface area contributed by atoms with Crippen LogP contribution < -0.4 is 0 Å². The molecule has 0 saturated heterocycles. The largest absolute Gasteiger partial charge is 0.481 e. The highest BCUT2D eigenvalue weighted by Gasteiger charge is 2.39. The molecule has 1 rings (SSSR count). The van der Waals surface area contributed by atoms with Crippen molar-refractivity contribution in [3.8, 4) is 0 Å². The van der Waals surface area contributed by atoms with Crippen molar-refractivity contribution in [2.45, 2.75) is 38.7 Å². The van der Waals surface area contributed by atoms with Gasteiger partial charge in [0.1, 0.15) is 5.60 Å². The zero-order valence-corrected chi connectivity index (χ0v) is 10.1. The Bertz CT molecular complexity index is 365. The molecule has 1 aromatic heterocycles. The van der Waals surface area contributed by atoms with E-state index in [0.29, 0.717) is 12.1 Å². The third-order valence-corrected chi connectivity index (χ3v) is 2.90. The highest BCUT2D eigenvalue weighted by molar-refractivity contribution is 5.71. The van der Waals surface area contributed by atoms with Crippen LogP contribution in [0.15, 0.2) is 18.6 Å². The molecular formula is C12H18N2O3. The van der Waals surface area contributed by atoms with E-state index in [1.165, 1.54) is 25.5 Å². The van der Waals surface area contributed by atoms with Gasteiger partial charge in [-0.15, -0.1) is 0 Å². The van der Waals surface area contributed by atoms with Crippen LogP contribution in [0.25, 0.3) is 0 Å². The van der Waals surface area contributed by atoms with Gasteiger partial charge >= 0.3 is 5.97 Å². The molecule has 94 valence electrons. The Balaban J connectivity index is 2.95. The van der Waals surface area contributed by atoms with Crippen LogP contribution in [0.2, 0.25) is 0 Å². The fraction of sp³-hybridized carbons (Fsp3) is 0.583. The molecular weight excluding hydrogens is 220 g/mol. The van der Waals surface area contributed by atoms with Crippen LogP contribution in [-0.4, -0.2) is 26.2 Å². The summed E-state index contributed by atoms with van der Waals surface area (Å²) in [5, 5.41) is 19.5. The van der Waals surface area contributed by atoms with E-state index < -0.39 is 17.5 Å². The monoisotopic (exact) mass is 238 g/mol. The topological polar surface area (TPSA) is 83.3 Å². The summed E-state index contributed by atoms with van der Waals surface area (Å²) in [6, 6.07) is 0. The summed E-state index contributed by atoms with van der Waals surface area (Å²) in [5.74, 6) is -1.87. The second-order valence-corrected chi connectivity index (χ2v) is 4.27. The Morgan fingerprint density at radius 1 is 1.53 bits per heavy atom. The number of rotatable bonds is 6. The molecule has 1 aromatic rings. The Kier molecular flexibility index (Phi) is 4.57. The van der Waals surface area contributed by atoms with Gasteiger partial charge in [0.25, 0.3) is 0 Å². The van der Waals surface area contributed by atoms with E-state index in [1.807, 2.05) is 6.92 Å². The molecule has 0 bridgehead atoms. The van der Waals surface area contributed by atoms with Gasteiger partial charge < -0.3 is 10.2 Å². The maximum atomic E-state index is 11.2. The highest BCUT2D eigenvalue weighted by atomic mass is 16.4. The predicted octanol–water partition coefficient (Wildman–Crippen LogP) is 1.58. The van der Waals surface area contributed by atoms with Gasteiger partial charge in [0.15, 0.2) is 0 Å². The van der Waals surface area contributed by atoms with Gasteiger partial charge in [-0.1, -0.05) is 19.8 Å². The SMILES string of the molecule is CCCCC(C(=O)O)C(C)(O)c1cnccn1. The van der Waals surface area contributed by atoms with Crippen molar-refractivity contribution < 1.29 is 15.0 Å². The number of aromatic nitrogens is 2. The zero-order valence-electron chi connectivity index (χ0n) is 10.1. The summed E-state index contributed by atoms with van der Waals surface area (Å²) in [5.41, 5.74) is -1.20. The molecule has 0 aliphatic rings. The van der Waals surface area contributed by atoms with E-state index in [-0.39, 0.29) is 0 Å². The Hall–Kier alpha value is -1.49. The summed E-state index contributed by atoms with van der Waals surface area (Å²) < 4.78 is 0. The second-order valence-electron chi connectivity index (χ2n) is 4.27. The Morgan fingerprint density at radius 2 is 2.24 bits per heavy atom. The summed E-state index contributed by atoms with van der Waals surface area (Å²) in [6.07, 6.45) is 6.41. The number of aliphatic hydroxyl groups is 1. The number of hydrogen-bond acceptors (Lipinski definition) is 4. The van der Waals surface area contributed by atoms with Crippen molar-refractivity contribution in [2.24, 2.45) is 5.92 Å². The predicted molar refractivity (Wildman–Crippen MR) is 62.3 cm³/mol. The molecule has 0 aliphatic heterocycles. The molecule has 2 N–H and O–H groups in total. The third kappa shape index (κ3) is 3.23. The summed E-state index contributed by atoms with van der Waals surface area (Å²) in [6.45, 7) is 3.46. The van der Waals surface area contributed by atoms with Gasteiger partial charge in [0.2, 0.25) is 0 Å². The van der Waals surface area contributed by atoms with Crippen LogP contribution in [0.5, 0.6) is 0 Å². The lowest BCUT2D eigenvalue weighted by Crippen LogP contribution is -2.38. The number of aliphatic carboxylic acids is 1. The molecule has 0 saturated carbocycles. The fourth-order valence-corrected chi connectivity index (χ4v) is 1.79. The Labute approximate surface area is 101 Å². The van der Waals surface area contributed by atoms with Crippen LogP contribution in [-0.2, 0) is 10.4 Å². The molecule has 0 fully saturated rings. The Morgan fingerprint density at radius 3 is 2.71 bits per heavy atom. The average molecular weight is 238 g/mol. The minimum absolute atomic E-state index is 0.295. The second kappa shape index (κ2) is 5.72. The van der Waals surface area contributed by atoms with Gasteiger partial charge in [-0.2, -0.15) is 0 Å². The molecule has 5 nitrogen and oxygen atoms in total. The molecule has 0 radical (unpaired) electrons. The van der Waals surface area contributed by atoms with Gasteiger partial charge in [0, 0.05) is 12.4 Å². The molecule has 0 spiro atoms. The van der Waals surface area contributed by atoms with Crippen LogP contribution >= 0.6 is 0 Å². The number of carboxylic acids is 1. The summed E-state index contributed by atoms with van der Waals surface area (Å²) in [4.78, 5) is 19.1. The number of nitrogens with zero attached hydrogens (tertiary/aromatic N) is 2. The maximum absolute atomic E-state index is 11.2. The van der Waals surface area contributed by atoms with Crippen molar-refractivity contribution in [2.75, 3.05) is 0 Å². The lowest BCUT2D eigenvalue weighted by molar-refractivity contribution is -0.152. The number of carboxylic acid groups (broad SMARTS) is 1. The van der Waals surface area contributed by atoms with Gasteiger partial charge in [-0.3, -0.25) is 14.8 Å². The zero-order chi connectivity index (χ0) is 12.9. The van der Waals surface area contributed by atoms with Crippen molar-refractivity contribution in [1.82, 2.24) is 9.97 Å². The first-order valence-corrected chi connectivity index (χ1v) is 5.71. The van der Waals surface area contributed by atoms with Crippen molar-refractivity contribution in [3.05, 3.63) is 24.3 Å². The summed E-state index contributed by atoms with van der Waals surface area (Å²) in [7, 11) is 0.